The van der Waals surface area contributed by atoms with Gasteiger partial charge in [-0.3, -0.25) is 0 Å². The van der Waals surface area contributed by atoms with Gasteiger partial charge in [-0.05, 0) is 43.7 Å². The number of hydrogen-bond donors (Lipinski definition) is 2. The zero-order valence-electron chi connectivity index (χ0n) is 11.1. The topological polar surface area (TPSA) is 58.2 Å². The minimum absolute atomic E-state index is 0. The van der Waals surface area contributed by atoms with Crippen LogP contribution >= 0.6 is 28.3 Å². The van der Waals surface area contributed by atoms with Crippen LogP contribution in [0.2, 0.25) is 0 Å². The Hall–Kier alpha value is -0.400. The molecule has 0 aliphatic carbocycles. The fraction of sp³-hybridized carbons (Fsp3) is 0.385. The first-order chi connectivity index (χ1) is 8.97. The van der Waals surface area contributed by atoms with E-state index in [9.17, 15) is 8.42 Å². The molecule has 4 nitrogen and oxygen atoms in total. The fourth-order valence-electron chi connectivity index (χ4n) is 1.96. The van der Waals surface area contributed by atoms with Crippen LogP contribution in [0.5, 0.6) is 0 Å². The highest BCUT2D eigenvalue weighted by Gasteiger charge is 2.15. The third-order valence-electron chi connectivity index (χ3n) is 2.97. The summed E-state index contributed by atoms with van der Waals surface area (Å²) in [6.07, 6.45) is 2.93. The van der Waals surface area contributed by atoms with Crippen molar-refractivity contribution >= 4 is 38.4 Å². The van der Waals surface area contributed by atoms with Crippen LogP contribution in [0.4, 0.5) is 0 Å². The predicted octanol–water partition coefficient (Wildman–Crippen LogP) is 2.38. The van der Waals surface area contributed by atoms with Gasteiger partial charge in [0.15, 0.2) is 0 Å². The maximum atomic E-state index is 12.2. The molecule has 0 saturated heterocycles. The van der Waals surface area contributed by atoms with Crippen LogP contribution in [0.1, 0.15) is 12.0 Å². The summed E-state index contributed by atoms with van der Waals surface area (Å²) in [6.45, 7) is 3.98. The van der Waals surface area contributed by atoms with Crippen molar-refractivity contribution in [3.8, 4) is 0 Å². The normalized spacial score (nSPS) is 15.4. The van der Waals surface area contributed by atoms with Gasteiger partial charge in [-0.25, -0.2) is 13.1 Å². The molecule has 0 bridgehead atoms. The van der Waals surface area contributed by atoms with Crippen LogP contribution in [-0.4, -0.2) is 28.1 Å². The van der Waals surface area contributed by atoms with E-state index >= 15 is 0 Å². The number of rotatable bonds is 4. The lowest BCUT2D eigenvalue weighted by Gasteiger charge is -2.15. The Morgan fingerprint density at radius 3 is 2.70 bits per heavy atom. The van der Waals surface area contributed by atoms with Crippen molar-refractivity contribution in [1.82, 2.24) is 10.0 Å². The van der Waals surface area contributed by atoms with Crippen LogP contribution in [0.25, 0.3) is 0 Å². The summed E-state index contributed by atoms with van der Waals surface area (Å²) in [5, 5.41) is 3.20. The maximum Gasteiger partial charge on any atom is 0.240 e. The summed E-state index contributed by atoms with van der Waals surface area (Å²) in [4.78, 5) is 0.300. The van der Waals surface area contributed by atoms with Crippen molar-refractivity contribution in [2.45, 2.75) is 18.2 Å². The molecule has 0 spiro atoms. The lowest BCUT2D eigenvalue weighted by atomic mass is 10.1. The van der Waals surface area contributed by atoms with E-state index in [0.29, 0.717) is 11.4 Å². The van der Waals surface area contributed by atoms with E-state index in [1.165, 1.54) is 0 Å². The molecule has 1 heterocycles. The number of sulfonamides is 1. The molecule has 0 saturated carbocycles. The Bertz CT molecular complexity index is 582. The molecule has 0 atom stereocenters. The molecular weight excluding hydrogens is 364 g/mol. The van der Waals surface area contributed by atoms with Crippen LogP contribution in [0, 0.1) is 6.92 Å². The van der Waals surface area contributed by atoms with Gasteiger partial charge < -0.3 is 5.32 Å². The lowest BCUT2D eigenvalue weighted by molar-refractivity contribution is 0.582. The van der Waals surface area contributed by atoms with Gasteiger partial charge in [0, 0.05) is 17.6 Å². The van der Waals surface area contributed by atoms with Crippen molar-refractivity contribution in [3.63, 3.8) is 0 Å². The highest BCUT2D eigenvalue weighted by atomic mass is 79.9. The van der Waals surface area contributed by atoms with Crippen molar-refractivity contribution in [2.24, 2.45) is 0 Å². The van der Waals surface area contributed by atoms with Gasteiger partial charge in [0.05, 0.1) is 4.90 Å². The van der Waals surface area contributed by atoms with Crippen LogP contribution in [0.3, 0.4) is 0 Å². The van der Waals surface area contributed by atoms with Crippen LogP contribution in [0.15, 0.2) is 39.2 Å². The SMILES string of the molecule is Cc1cc(Br)cc(S(=O)(=O)NCC2=CCNCC2)c1.Cl. The molecule has 20 heavy (non-hydrogen) atoms. The van der Waals surface area contributed by atoms with Gasteiger partial charge in [0.25, 0.3) is 0 Å². The average Bonchev–Trinajstić information content (AvgIpc) is 2.37. The van der Waals surface area contributed by atoms with Crippen molar-refractivity contribution < 1.29 is 8.42 Å². The molecule has 1 aliphatic rings. The summed E-state index contributed by atoms with van der Waals surface area (Å²) in [5.74, 6) is 0. The molecule has 1 aromatic rings. The second kappa shape index (κ2) is 7.56. The molecule has 2 rings (SSSR count). The summed E-state index contributed by atoms with van der Waals surface area (Å²) in [6, 6.07) is 5.17. The van der Waals surface area contributed by atoms with Gasteiger partial charge in [0.1, 0.15) is 0 Å². The first-order valence-electron chi connectivity index (χ1n) is 6.13. The Labute approximate surface area is 134 Å². The Morgan fingerprint density at radius 2 is 2.10 bits per heavy atom. The summed E-state index contributed by atoms with van der Waals surface area (Å²) in [5.41, 5.74) is 2.05. The molecule has 0 amide bonds. The molecule has 2 N–H and O–H groups in total. The second-order valence-electron chi connectivity index (χ2n) is 4.61. The largest absolute Gasteiger partial charge is 0.313 e. The summed E-state index contributed by atoms with van der Waals surface area (Å²) >= 11 is 3.32. The van der Waals surface area contributed by atoms with Crippen LogP contribution in [-0.2, 0) is 10.0 Å². The summed E-state index contributed by atoms with van der Waals surface area (Å²) < 4.78 is 27.8. The second-order valence-corrected chi connectivity index (χ2v) is 7.29. The zero-order chi connectivity index (χ0) is 13.9. The van der Waals surface area contributed by atoms with E-state index in [1.807, 2.05) is 19.1 Å². The van der Waals surface area contributed by atoms with E-state index in [4.69, 9.17) is 0 Å². The van der Waals surface area contributed by atoms with Crippen molar-refractivity contribution in [1.29, 1.82) is 0 Å². The zero-order valence-corrected chi connectivity index (χ0v) is 14.4. The molecule has 112 valence electrons. The molecule has 0 fully saturated rings. The maximum absolute atomic E-state index is 12.2. The highest BCUT2D eigenvalue weighted by molar-refractivity contribution is 9.10. The molecule has 0 radical (unpaired) electrons. The predicted molar refractivity (Wildman–Crippen MR) is 86.9 cm³/mol. The monoisotopic (exact) mass is 380 g/mol. The third-order valence-corrected chi connectivity index (χ3v) is 4.81. The number of nitrogens with one attached hydrogen (secondary N) is 2. The van der Waals surface area contributed by atoms with Gasteiger partial charge >= 0.3 is 0 Å². The minimum Gasteiger partial charge on any atom is -0.313 e. The Balaban J connectivity index is 0.00000200. The number of halogens is 2. The molecule has 0 unspecified atom stereocenters. The van der Waals surface area contributed by atoms with E-state index < -0.39 is 10.0 Å². The van der Waals surface area contributed by atoms with E-state index in [2.05, 4.69) is 26.0 Å². The molecule has 1 aliphatic heterocycles. The van der Waals surface area contributed by atoms with E-state index in [1.54, 1.807) is 12.1 Å². The van der Waals surface area contributed by atoms with Gasteiger partial charge in [-0.15, -0.1) is 12.4 Å². The standard InChI is InChI=1S/C13H17BrN2O2S.ClH/c1-10-6-12(14)8-13(7-10)19(17,18)16-9-11-2-4-15-5-3-11;/h2,6-8,15-16H,3-5,9H2,1H3;1H. The van der Waals surface area contributed by atoms with Crippen molar-refractivity contribution in [2.75, 3.05) is 19.6 Å². The quantitative estimate of drug-likeness (QED) is 0.787. The van der Waals surface area contributed by atoms with Gasteiger partial charge in [-0.2, -0.15) is 0 Å². The number of hydrogen-bond acceptors (Lipinski definition) is 3. The smallest absolute Gasteiger partial charge is 0.240 e. The Morgan fingerprint density at radius 1 is 1.35 bits per heavy atom. The minimum atomic E-state index is -3.45. The highest BCUT2D eigenvalue weighted by Crippen LogP contribution is 2.19. The average molecular weight is 382 g/mol. The van der Waals surface area contributed by atoms with Gasteiger partial charge in [-0.1, -0.05) is 27.6 Å². The molecule has 1 aromatic carbocycles. The summed E-state index contributed by atoms with van der Waals surface area (Å²) in [7, 11) is -3.45. The molecule has 7 heteroatoms. The first-order valence-corrected chi connectivity index (χ1v) is 8.40. The molecular formula is C13H18BrClN2O2S. The van der Waals surface area contributed by atoms with E-state index in [0.717, 1.165) is 35.1 Å². The first kappa shape index (κ1) is 17.7. The Kier molecular flexibility index (Phi) is 6.68. The van der Waals surface area contributed by atoms with E-state index in [-0.39, 0.29) is 12.4 Å². The molecule has 0 aromatic heterocycles. The van der Waals surface area contributed by atoms with Gasteiger partial charge in [0.2, 0.25) is 10.0 Å². The van der Waals surface area contributed by atoms with Crippen molar-refractivity contribution in [3.05, 3.63) is 39.9 Å². The van der Waals surface area contributed by atoms with Crippen LogP contribution < -0.4 is 10.0 Å². The fourth-order valence-corrected chi connectivity index (χ4v) is 3.88. The third kappa shape index (κ3) is 4.86. The lowest BCUT2D eigenvalue weighted by Crippen LogP contribution is -2.29. The number of benzene rings is 1. The number of aryl methyl sites for hydroxylation is 1.